The number of carboxylic acid groups (broad SMARTS) is 1. The van der Waals surface area contributed by atoms with Gasteiger partial charge >= 0.3 is 5.97 Å². The van der Waals surface area contributed by atoms with Crippen LogP contribution in [0.5, 0.6) is 0 Å². The highest BCUT2D eigenvalue weighted by molar-refractivity contribution is 6.05. The molecule has 0 amide bonds. The van der Waals surface area contributed by atoms with Crippen LogP contribution < -0.4 is 0 Å². The van der Waals surface area contributed by atoms with Crippen molar-refractivity contribution in [3.63, 3.8) is 0 Å². The fourth-order valence-corrected chi connectivity index (χ4v) is 3.54. The van der Waals surface area contributed by atoms with Crippen LogP contribution in [0.25, 0.3) is 10.9 Å². The van der Waals surface area contributed by atoms with E-state index in [1.807, 2.05) is 19.9 Å². The molecule has 21 heavy (non-hydrogen) atoms. The third kappa shape index (κ3) is 2.11. The first-order valence-electron chi connectivity index (χ1n) is 7.57. The molecule has 0 saturated carbocycles. The van der Waals surface area contributed by atoms with E-state index >= 15 is 0 Å². The van der Waals surface area contributed by atoms with Crippen LogP contribution in [0.1, 0.15) is 58.9 Å². The van der Waals surface area contributed by atoms with Crippen LogP contribution >= 0.6 is 0 Å². The van der Waals surface area contributed by atoms with E-state index in [1.165, 1.54) is 0 Å². The first-order chi connectivity index (χ1) is 9.90. The maximum Gasteiger partial charge on any atom is 0.336 e. The molecule has 1 N–H and O–H groups in total. The molecule has 1 aromatic heterocycles. The Kier molecular flexibility index (Phi) is 3.23. The van der Waals surface area contributed by atoms with Crippen LogP contribution in [0, 0.1) is 19.8 Å². The lowest BCUT2D eigenvalue weighted by atomic mass is 9.77. The van der Waals surface area contributed by atoms with Gasteiger partial charge < -0.3 is 5.11 Å². The van der Waals surface area contributed by atoms with Gasteiger partial charge in [0.25, 0.3) is 0 Å². The molecule has 1 aromatic carbocycles. The Labute approximate surface area is 125 Å². The van der Waals surface area contributed by atoms with Crippen molar-refractivity contribution in [2.24, 2.45) is 5.92 Å². The Balaban J connectivity index is 2.44. The highest BCUT2D eigenvalue weighted by Crippen LogP contribution is 2.39. The summed E-state index contributed by atoms with van der Waals surface area (Å²) in [6.07, 6.45) is 1.85. The molecule has 3 nitrogen and oxygen atoms in total. The van der Waals surface area contributed by atoms with Gasteiger partial charge in [-0.2, -0.15) is 0 Å². The van der Waals surface area contributed by atoms with Gasteiger partial charge in [0.15, 0.2) is 0 Å². The Morgan fingerprint density at radius 2 is 2.00 bits per heavy atom. The van der Waals surface area contributed by atoms with Crippen LogP contribution in [0.3, 0.4) is 0 Å². The summed E-state index contributed by atoms with van der Waals surface area (Å²) in [6.45, 7) is 8.40. The molecule has 1 aliphatic carbocycles. The Bertz CT molecular complexity index is 749. The Morgan fingerprint density at radius 3 is 2.67 bits per heavy atom. The number of nitrogens with zero attached hydrogens (tertiary/aromatic N) is 1. The molecule has 2 atom stereocenters. The van der Waals surface area contributed by atoms with Crippen molar-refractivity contribution in [2.75, 3.05) is 0 Å². The number of aryl methyl sites for hydroxylation is 2. The third-order valence-corrected chi connectivity index (χ3v) is 4.91. The minimum Gasteiger partial charge on any atom is -0.478 e. The highest BCUT2D eigenvalue weighted by atomic mass is 16.4. The lowest BCUT2D eigenvalue weighted by Gasteiger charge is -2.29. The molecule has 0 fully saturated rings. The summed E-state index contributed by atoms with van der Waals surface area (Å²) in [7, 11) is 0. The monoisotopic (exact) mass is 283 g/mol. The number of aromatic carboxylic acids is 1. The summed E-state index contributed by atoms with van der Waals surface area (Å²) in [5, 5.41) is 10.5. The predicted molar refractivity (Wildman–Crippen MR) is 84.1 cm³/mol. The number of aromatic nitrogens is 1. The Hall–Kier alpha value is -1.90. The second-order valence-electron chi connectivity index (χ2n) is 6.44. The Morgan fingerprint density at radius 1 is 1.29 bits per heavy atom. The second kappa shape index (κ2) is 4.83. The van der Waals surface area contributed by atoms with Crippen molar-refractivity contribution in [3.8, 4) is 0 Å². The van der Waals surface area contributed by atoms with E-state index in [2.05, 4.69) is 19.9 Å². The summed E-state index contributed by atoms with van der Waals surface area (Å²) >= 11 is 0. The van der Waals surface area contributed by atoms with Gasteiger partial charge in [-0.25, -0.2) is 4.79 Å². The molecule has 0 saturated heterocycles. The van der Waals surface area contributed by atoms with E-state index in [-0.39, 0.29) is 0 Å². The normalized spacial score (nSPS) is 21.3. The maximum absolute atomic E-state index is 11.9. The number of hydrogen-bond donors (Lipinski definition) is 1. The van der Waals surface area contributed by atoms with Crippen molar-refractivity contribution in [3.05, 3.63) is 40.1 Å². The van der Waals surface area contributed by atoms with Crippen molar-refractivity contribution in [2.45, 2.75) is 46.5 Å². The number of benzene rings is 1. The van der Waals surface area contributed by atoms with Gasteiger partial charge in [0.2, 0.25) is 0 Å². The number of pyridine rings is 1. The summed E-state index contributed by atoms with van der Waals surface area (Å²) in [4.78, 5) is 16.7. The molecular weight excluding hydrogens is 262 g/mol. The molecule has 1 aliphatic rings. The average molecular weight is 283 g/mol. The van der Waals surface area contributed by atoms with E-state index in [4.69, 9.17) is 4.98 Å². The van der Waals surface area contributed by atoms with E-state index < -0.39 is 5.97 Å². The zero-order valence-corrected chi connectivity index (χ0v) is 13.0. The zero-order chi connectivity index (χ0) is 15.3. The molecule has 2 unspecified atom stereocenters. The minimum absolute atomic E-state index is 0.317. The molecule has 0 aliphatic heterocycles. The van der Waals surface area contributed by atoms with Crippen LogP contribution in [-0.4, -0.2) is 16.1 Å². The van der Waals surface area contributed by atoms with Gasteiger partial charge in [0.05, 0.1) is 11.1 Å². The third-order valence-electron chi connectivity index (χ3n) is 4.91. The molecule has 0 bridgehead atoms. The molecule has 1 heterocycles. The summed E-state index contributed by atoms with van der Waals surface area (Å²) < 4.78 is 0. The smallest absolute Gasteiger partial charge is 0.336 e. The highest BCUT2D eigenvalue weighted by Gasteiger charge is 2.30. The quantitative estimate of drug-likeness (QED) is 0.851. The molecule has 110 valence electrons. The van der Waals surface area contributed by atoms with Gasteiger partial charge in [-0.15, -0.1) is 0 Å². The number of carbonyl (C=O) groups is 1. The fourth-order valence-electron chi connectivity index (χ4n) is 3.54. The molecule has 0 radical (unpaired) electrons. The maximum atomic E-state index is 11.9. The van der Waals surface area contributed by atoms with E-state index in [0.29, 0.717) is 17.4 Å². The van der Waals surface area contributed by atoms with Crippen molar-refractivity contribution in [1.29, 1.82) is 0 Å². The first-order valence-corrected chi connectivity index (χ1v) is 7.57. The number of carboxylic acids is 1. The van der Waals surface area contributed by atoms with E-state index in [9.17, 15) is 9.90 Å². The second-order valence-corrected chi connectivity index (χ2v) is 6.44. The largest absolute Gasteiger partial charge is 0.478 e. The van der Waals surface area contributed by atoms with Crippen molar-refractivity contribution in [1.82, 2.24) is 4.98 Å². The lowest BCUT2D eigenvalue weighted by Crippen LogP contribution is -2.21. The standard InChI is InChI=1S/C18H21NO2/c1-9-7-11(3)16-14(8-9)15(18(20)21)13-6-5-10(2)12(4)17(13)19-16/h7-8,10,12H,5-6H2,1-4H3,(H,20,21). The van der Waals surface area contributed by atoms with Gasteiger partial charge in [-0.3, -0.25) is 4.98 Å². The number of rotatable bonds is 1. The molecule has 2 aromatic rings. The van der Waals surface area contributed by atoms with Gasteiger partial charge in [-0.05, 0) is 49.8 Å². The summed E-state index contributed by atoms with van der Waals surface area (Å²) in [5.41, 5.74) is 5.40. The number of hydrogen-bond acceptors (Lipinski definition) is 2. The molecule has 3 heteroatoms. The SMILES string of the molecule is Cc1cc(C)c2nc3c(c(C(=O)O)c2c1)CCC(C)C3C. The zero-order valence-electron chi connectivity index (χ0n) is 13.0. The van der Waals surface area contributed by atoms with E-state index in [0.717, 1.165) is 46.1 Å². The fraction of sp³-hybridized carbons (Fsp3) is 0.444. The lowest BCUT2D eigenvalue weighted by molar-refractivity contribution is 0.0697. The van der Waals surface area contributed by atoms with E-state index in [1.54, 1.807) is 0 Å². The van der Waals surface area contributed by atoms with Gasteiger partial charge in [-0.1, -0.05) is 25.5 Å². The predicted octanol–water partition coefficient (Wildman–Crippen LogP) is 4.24. The topological polar surface area (TPSA) is 50.2 Å². The van der Waals surface area contributed by atoms with Crippen LogP contribution in [0.2, 0.25) is 0 Å². The summed E-state index contributed by atoms with van der Waals surface area (Å²) in [5.74, 6) is 0.0391. The van der Waals surface area contributed by atoms with Crippen molar-refractivity contribution >= 4 is 16.9 Å². The molecular formula is C18H21NO2. The van der Waals surface area contributed by atoms with Crippen molar-refractivity contribution < 1.29 is 9.90 Å². The van der Waals surface area contributed by atoms with Gasteiger partial charge in [0, 0.05) is 17.0 Å². The average Bonchev–Trinajstić information content (AvgIpc) is 2.41. The first kappa shape index (κ1) is 14.1. The van der Waals surface area contributed by atoms with Crippen LogP contribution in [0.15, 0.2) is 12.1 Å². The van der Waals surface area contributed by atoms with Crippen LogP contribution in [-0.2, 0) is 6.42 Å². The molecule has 3 rings (SSSR count). The van der Waals surface area contributed by atoms with Crippen LogP contribution in [0.4, 0.5) is 0 Å². The molecule has 0 spiro atoms. The minimum atomic E-state index is -0.828. The number of fused-ring (bicyclic) bond motifs is 2. The van der Waals surface area contributed by atoms with Gasteiger partial charge in [0.1, 0.15) is 0 Å². The summed E-state index contributed by atoms with van der Waals surface area (Å²) in [6, 6.07) is 4.03.